The Morgan fingerprint density at radius 3 is 0.914 bits per heavy atom. The molecule has 0 aliphatic carbocycles. The van der Waals surface area contributed by atoms with Crippen molar-refractivity contribution in [3.8, 4) is 0 Å². The second-order valence-electron chi connectivity index (χ2n) is 19.2. The van der Waals surface area contributed by atoms with Crippen molar-refractivity contribution in [3.05, 3.63) is 97.2 Å². The van der Waals surface area contributed by atoms with Crippen LogP contribution in [0.15, 0.2) is 97.2 Å². The van der Waals surface area contributed by atoms with E-state index in [2.05, 4.69) is 118 Å². The predicted octanol–water partition coefficient (Wildman–Crippen LogP) is 19.7. The summed E-state index contributed by atoms with van der Waals surface area (Å²) in [7, 11) is 0. The fraction of sp³-hybridized carbons (Fsp3) is 0.703. The molecule has 0 spiro atoms. The minimum absolute atomic E-state index is 0.0975. The summed E-state index contributed by atoms with van der Waals surface area (Å²) < 4.78 is 16.8. The SMILES string of the molecule is CC/C=C\C/C=C\C/C=C\C/C=C\C/C=C\CCCCCC(=O)OCC(COC(=O)CCCCCCC/C=C\C/C=C\CCCCCC)OC(=O)CCCCCCCCC/C=C\CCCCCCCC. The van der Waals surface area contributed by atoms with Gasteiger partial charge in [-0.05, 0) is 122 Å². The molecule has 0 rings (SSSR count). The molecule has 0 aromatic rings. The number of carbonyl (C=O) groups is 3. The smallest absolute Gasteiger partial charge is 0.306 e. The average Bonchev–Trinajstić information content (AvgIpc) is 3.36. The van der Waals surface area contributed by atoms with Crippen LogP contribution in [0.3, 0.4) is 0 Å². The van der Waals surface area contributed by atoms with Crippen molar-refractivity contribution in [2.45, 2.75) is 277 Å². The van der Waals surface area contributed by atoms with Gasteiger partial charge in [-0.2, -0.15) is 0 Å². The van der Waals surface area contributed by atoms with Crippen LogP contribution < -0.4 is 0 Å². The molecular formula is C64H108O6. The van der Waals surface area contributed by atoms with Crippen molar-refractivity contribution < 1.29 is 28.6 Å². The maximum atomic E-state index is 12.9. The number of carbonyl (C=O) groups excluding carboxylic acids is 3. The highest BCUT2D eigenvalue weighted by Gasteiger charge is 2.19. The summed E-state index contributed by atoms with van der Waals surface area (Å²) in [6, 6.07) is 0. The first kappa shape index (κ1) is 66.3. The number of hydrogen-bond acceptors (Lipinski definition) is 6. The molecule has 0 aromatic heterocycles. The van der Waals surface area contributed by atoms with Gasteiger partial charge in [0, 0.05) is 19.3 Å². The lowest BCUT2D eigenvalue weighted by Gasteiger charge is -2.18. The lowest BCUT2D eigenvalue weighted by molar-refractivity contribution is -0.167. The Morgan fingerprint density at radius 2 is 0.557 bits per heavy atom. The van der Waals surface area contributed by atoms with Crippen LogP contribution in [-0.4, -0.2) is 37.2 Å². The summed E-state index contributed by atoms with van der Waals surface area (Å²) >= 11 is 0. The Hall–Kier alpha value is -3.67. The Labute approximate surface area is 432 Å². The monoisotopic (exact) mass is 973 g/mol. The van der Waals surface area contributed by atoms with E-state index >= 15 is 0 Å². The van der Waals surface area contributed by atoms with Crippen molar-refractivity contribution in [2.24, 2.45) is 0 Å². The lowest BCUT2D eigenvalue weighted by atomic mass is 10.1. The fourth-order valence-electron chi connectivity index (χ4n) is 7.91. The summed E-state index contributed by atoms with van der Waals surface area (Å²) in [6.07, 6.45) is 76.8. The average molecular weight is 974 g/mol. The van der Waals surface area contributed by atoms with Gasteiger partial charge in [0.15, 0.2) is 6.10 Å². The second-order valence-corrected chi connectivity index (χ2v) is 19.2. The summed E-state index contributed by atoms with van der Waals surface area (Å²) in [6.45, 7) is 6.47. The van der Waals surface area contributed by atoms with E-state index in [1.165, 1.54) is 109 Å². The first-order chi connectivity index (χ1) is 34.5. The number of rotatable bonds is 52. The van der Waals surface area contributed by atoms with Crippen LogP contribution in [0.4, 0.5) is 0 Å². The van der Waals surface area contributed by atoms with Gasteiger partial charge in [-0.3, -0.25) is 14.4 Å². The van der Waals surface area contributed by atoms with Gasteiger partial charge in [-0.1, -0.05) is 227 Å². The zero-order valence-electron chi connectivity index (χ0n) is 45.8. The largest absolute Gasteiger partial charge is 0.462 e. The molecule has 0 aliphatic heterocycles. The molecule has 6 nitrogen and oxygen atoms in total. The zero-order valence-corrected chi connectivity index (χ0v) is 45.8. The Bertz CT molecular complexity index is 1400. The molecule has 6 heteroatoms. The maximum Gasteiger partial charge on any atom is 0.306 e. The van der Waals surface area contributed by atoms with Gasteiger partial charge in [0.25, 0.3) is 0 Å². The third-order valence-electron chi connectivity index (χ3n) is 12.3. The fourth-order valence-corrected chi connectivity index (χ4v) is 7.91. The van der Waals surface area contributed by atoms with Gasteiger partial charge in [0.05, 0.1) is 0 Å². The predicted molar refractivity (Wildman–Crippen MR) is 302 cm³/mol. The number of ether oxygens (including phenoxy) is 3. The van der Waals surface area contributed by atoms with Crippen LogP contribution >= 0.6 is 0 Å². The molecule has 0 heterocycles. The van der Waals surface area contributed by atoms with Crippen LogP contribution in [-0.2, 0) is 28.6 Å². The van der Waals surface area contributed by atoms with Crippen molar-refractivity contribution >= 4 is 17.9 Å². The molecule has 0 aliphatic rings. The summed E-state index contributed by atoms with van der Waals surface area (Å²) in [5.41, 5.74) is 0. The normalized spacial score (nSPS) is 12.8. The minimum Gasteiger partial charge on any atom is -0.462 e. The van der Waals surface area contributed by atoms with E-state index < -0.39 is 6.10 Å². The number of allylic oxidation sites excluding steroid dienone is 16. The van der Waals surface area contributed by atoms with E-state index in [1.807, 2.05) is 0 Å². The summed E-state index contributed by atoms with van der Waals surface area (Å²) in [5, 5.41) is 0. The molecule has 0 fully saturated rings. The topological polar surface area (TPSA) is 78.9 Å². The lowest BCUT2D eigenvalue weighted by Crippen LogP contribution is -2.30. The number of unbranched alkanes of at least 4 members (excludes halogenated alkanes) is 25. The first-order valence-corrected chi connectivity index (χ1v) is 29.2. The third-order valence-corrected chi connectivity index (χ3v) is 12.3. The van der Waals surface area contributed by atoms with Crippen molar-refractivity contribution in [3.63, 3.8) is 0 Å². The molecule has 0 N–H and O–H groups in total. The van der Waals surface area contributed by atoms with Gasteiger partial charge in [0.1, 0.15) is 13.2 Å². The molecule has 400 valence electrons. The molecule has 1 unspecified atom stereocenters. The van der Waals surface area contributed by atoms with Crippen LogP contribution in [0.1, 0.15) is 271 Å². The van der Waals surface area contributed by atoms with E-state index in [0.29, 0.717) is 19.3 Å². The van der Waals surface area contributed by atoms with E-state index in [1.54, 1.807) is 0 Å². The van der Waals surface area contributed by atoms with Crippen LogP contribution in [0, 0.1) is 0 Å². The summed E-state index contributed by atoms with van der Waals surface area (Å²) in [4.78, 5) is 38.2. The van der Waals surface area contributed by atoms with E-state index in [4.69, 9.17) is 14.2 Å². The molecule has 0 saturated carbocycles. The Morgan fingerprint density at radius 1 is 0.300 bits per heavy atom. The van der Waals surface area contributed by atoms with Crippen molar-refractivity contribution in [1.82, 2.24) is 0 Å². The molecule has 0 saturated heterocycles. The second kappa shape index (κ2) is 57.9. The molecule has 70 heavy (non-hydrogen) atoms. The third kappa shape index (κ3) is 55.3. The number of esters is 3. The van der Waals surface area contributed by atoms with Gasteiger partial charge in [-0.15, -0.1) is 0 Å². The highest BCUT2D eigenvalue weighted by molar-refractivity contribution is 5.71. The molecule has 0 amide bonds. The van der Waals surface area contributed by atoms with Gasteiger partial charge in [-0.25, -0.2) is 0 Å². The Balaban J connectivity index is 4.48. The molecular weight excluding hydrogens is 865 g/mol. The van der Waals surface area contributed by atoms with Crippen molar-refractivity contribution in [1.29, 1.82) is 0 Å². The minimum atomic E-state index is -0.801. The van der Waals surface area contributed by atoms with Gasteiger partial charge < -0.3 is 14.2 Å². The van der Waals surface area contributed by atoms with E-state index in [0.717, 1.165) is 122 Å². The van der Waals surface area contributed by atoms with E-state index in [9.17, 15) is 14.4 Å². The maximum absolute atomic E-state index is 12.9. The quantitative estimate of drug-likeness (QED) is 0.0262. The molecule has 0 radical (unpaired) electrons. The van der Waals surface area contributed by atoms with Crippen LogP contribution in [0.5, 0.6) is 0 Å². The zero-order chi connectivity index (χ0) is 50.7. The molecule has 1 atom stereocenters. The van der Waals surface area contributed by atoms with Gasteiger partial charge >= 0.3 is 17.9 Å². The highest BCUT2D eigenvalue weighted by atomic mass is 16.6. The first-order valence-electron chi connectivity index (χ1n) is 29.2. The number of hydrogen-bond donors (Lipinski definition) is 0. The van der Waals surface area contributed by atoms with E-state index in [-0.39, 0.29) is 31.1 Å². The Kier molecular flexibility index (Phi) is 54.9. The summed E-state index contributed by atoms with van der Waals surface area (Å²) in [5.74, 6) is -0.943. The highest BCUT2D eigenvalue weighted by Crippen LogP contribution is 2.14. The van der Waals surface area contributed by atoms with Gasteiger partial charge in [0.2, 0.25) is 0 Å². The standard InChI is InChI=1S/C64H108O6/c1-4-7-10-13-16-19-22-25-28-31-32-34-36-39-42-45-48-51-54-57-63(66)69-60-61(59-68-62(65)56-53-50-47-44-41-38-35-30-27-24-21-18-15-12-9-6-3)70-64(67)58-55-52-49-46-43-40-37-33-29-26-23-20-17-14-11-8-5-2/h7,10,16,19,21,24-26,28-30,32,34-35,39,42,61H,4-6,8-9,11-15,17-18,20,22-23,27,31,33,36-38,40-41,43-60H2,1-3H3/b10-7-,19-16-,24-21-,28-25-,29-26-,34-32-,35-30-,42-39-. The molecule has 0 aromatic carbocycles. The van der Waals surface area contributed by atoms with Crippen LogP contribution in [0.2, 0.25) is 0 Å². The van der Waals surface area contributed by atoms with Crippen LogP contribution in [0.25, 0.3) is 0 Å². The molecule has 0 bridgehead atoms. The van der Waals surface area contributed by atoms with Crippen molar-refractivity contribution in [2.75, 3.05) is 13.2 Å².